The Bertz CT molecular complexity index is 676. The molecular formula is C16H17NO4S. The highest BCUT2D eigenvalue weighted by molar-refractivity contribution is 7.15. The van der Waals surface area contributed by atoms with E-state index in [-0.39, 0.29) is 6.61 Å². The van der Waals surface area contributed by atoms with Gasteiger partial charge in [-0.3, -0.25) is 5.32 Å². The lowest BCUT2D eigenvalue weighted by Crippen LogP contribution is -2.15. The fraction of sp³-hybridized carbons (Fsp3) is 0.250. The highest BCUT2D eigenvalue weighted by atomic mass is 32.1. The van der Waals surface area contributed by atoms with Gasteiger partial charge in [0.15, 0.2) is 0 Å². The fourth-order valence-corrected chi connectivity index (χ4v) is 2.90. The summed E-state index contributed by atoms with van der Waals surface area (Å²) in [7, 11) is 1.31. The highest BCUT2D eigenvalue weighted by Gasteiger charge is 2.22. The van der Waals surface area contributed by atoms with Gasteiger partial charge in [0.1, 0.15) is 10.6 Å². The van der Waals surface area contributed by atoms with Gasteiger partial charge in [0.2, 0.25) is 0 Å². The van der Waals surface area contributed by atoms with E-state index >= 15 is 0 Å². The molecule has 0 aliphatic heterocycles. The number of hydrogen-bond acceptors (Lipinski definition) is 5. The third-order valence-corrected chi connectivity index (χ3v) is 3.93. The zero-order valence-electron chi connectivity index (χ0n) is 12.6. The van der Waals surface area contributed by atoms with Crippen LogP contribution in [0.25, 0.3) is 11.1 Å². The van der Waals surface area contributed by atoms with Crippen LogP contribution in [0.15, 0.2) is 29.6 Å². The van der Waals surface area contributed by atoms with Crippen molar-refractivity contribution < 1.29 is 19.1 Å². The topological polar surface area (TPSA) is 64.6 Å². The first kappa shape index (κ1) is 16.0. The number of aryl methyl sites for hydroxylation is 1. The van der Waals surface area contributed by atoms with Crippen LogP contribution in [0.4, 0.5) is 9.80 Å². The number of benzene rings is 1. The van der Waals surface area contributed by atoms with Crippen LogP contribution in [0.1, 0.15) is 22.8 Å². The molecule has 1 N–H and O–H groups in total. The summed E-state index contributed by atoms with van der Waals surface area (Å²) in [5, 5.41) is 4.82. The molecule has 2 aromatic rings. The van der Waals surface area contributed by atoms with Crippen LogP contribution >= 0.6 is 11.3 Å². The van der Waals surface area contributed by atoms with Crippen molar-refractivity contribution in [2.45, 2.75) is 13.8 Å². The standard InChI is InChI=1S/C16H17NO4S/c1-4-21-16(19)17-14-13(15(18)20-3)12(9-22-14)11-7-5-10(2)6-8-11/h5-9H,4H2,1-3H3,(H,17,19). The van der Waals surface area contributed by atoms with Crippen molar-refractivity contribution in [2.24, 2.45) is 0 Å². The predicted octanol–water partition coefficient (Wildman–Crippen LogP) is 4.08. The lowest BCUT2D eigenvalue weighted by Gasteiger charge is -2.08. The van der Waals surface area contributed by atoms with E-state index in [1.54, 1.807) is 6.92 Å². The average Bonchev–Trinajstić information content (AvgIpc) is 2.91. The minimum absolute atomic E-state index is 0.260. The predicted molar refractivity (Wildman–Crippen MR) is 86.5 cm³/mol. The molecule has 6 heteroatoms. The molecule has 1 amide bonds. The van der Waals surface area contributed by atoms with Crippen LogP contribution in [0.5, 0.6) is 0 Å². The highest BCUT2D eigenvalue weighted by Crippen LogP contribution is 2.36. The third kappa shape index (κ3) is 3.46. The van der Waals surface area contributed by atoms with Crippen LogP contribution in [0.2, 0.25) is 0 Å². The molecule has 0 atom stereocenters. The Morgan fingerprint density at radius 1 is 1.23 bits per heavy atom. The zero-order valence-corrected chi connectivity index (χ0v) is 13.5. The number of hydrogen-bond donors (Lipinski definition) is 1. The lowest BCUT2D eigenvalue weighted by molar-refractivity contribution is 0.0603. The summed E-state index contributed by atoms with van der Waals surface area (Å²) in [4.78, 5) is 23.7. The number of carbonyl (C=O) groups excluding carboxylic acids is 2. The van der Waals surface area contributed by atoms with E-state index in [1.807, 2.05) is 36.6 Å². The number of methoxy groups -OCH3 is 1. The zero-order chi connectivity index (χ0) is 16.1. The second kappa shape index (κ2) is 7.09. The first-order valence-electron chi connectivity index (χ1n) is 6.77. The fourth-order valence-electron chi connectivity index (χ4n) is 1.96. The molecule has 2 rings (SSSR count). The van der Waals surface area contributed by atoms with Crippen molar-refractivity contribution in [1.29, 1.82) is 0 Å². The Balaban J connectivity index is 2.42. The minimum Gasteiger partial charge on any atom is -0.465 e. The molecule has 0 bridgehead atoms. The molecule has 0 aliphatic carbocycles. The molecule has 5 nitrogen and oxygen atoms in total. The molecule has 0 unspecified atom stereocenters. The van der Waals surface area contributed by atoms with Crippen molar-refractivity contribution in [3.8, 4) is 11.1 Å². The van der Waals surface area contributed by atoms with Crippen molar-refractivity contribution in [3.05, 3.63) is 40.8 Å². The number of nitrogens with one attached hydrogen (secondary N) is 1. The molecule has 0 radical (unpaired) electrons. The maximum absolute atomic E-state index is 12.1. The molecule has 0 aliphatic rings. The van der Waals surface area contributed by atoms with Crippen LogP contribution in [-0.2, 0) is 9.47 Å². The third-order valence-electron chi connectivity index (χ3n) is 3.03. The van der Waals surface area contributed by atoms with E-state index in [1.165, 1.54) is 18.4 Å². The van der Waals surface area contributed by atoms with E-state index in [4.69, 9.17) is 9.47 Å². The van der Waals surface area contributed by atoms with E-state index in [2.05, 4.69) is 5.32 Å². The van der Waals surface area contributed by atoms with Crippen LogP contribution in [0, 0.1) is 6.92 Å². The van der Waals surface area contributed by atoms with E-state index in [0.29, 0.717) is 10.6 Å². The minimum atomic E-state index is -0.593. The monoisotopic (exact) mass is 319 g/mol. The number of carbonyl (C=O) groups is 2. The first-order valence-corrected chi connectivity index (χ1v) is 7.65. The molecule has 1 heterocycles. The molecule has 0 saturated carbocycles. The molecule has 0 spiro atoms. The summed E-state index contributed by atoms with van der Waals surface area (Å²) in [5.41, 5.74) is 3.08. The second-order valence-electron chi connectivity index (χ2n) is 4.56. The van der Waals surface area contributed by atoms with Gasteiger partial charge in [-0.25, -0.2) is 9.59 Å². The van der Waals surface area contributed by atoms with Gasteiger partial charge >= 0.3 is 12.1 Å². The van der Waals surface area contributed by atoms with Gasteiger partial charge in [0.05, 0.1) is 13.7 Å². The normalized spacial score (nSPS) is 10.1. The Hall–Kier alpha value is -2.34. The van der Waals surface area contributed by atoms with E-state index < -0.39 is 12.1 Å². The van der Waals surface area contributed by atoms with E-state index in [0.717, 1.165) is 16.7 Å². The number of anilines is 1. The van der Waals surface area contributed by atoms with Gasteiger partial charge in [-0.15, -0.1) is 11.3 Å². The summed E-state index contributed by atoms with van der Waals surface area (Å²) < 4.78 is 9.69. The largest absolute Gasteiger partial charge is 0.465 e. The van der Waals surface area contributed by atoms with Gasteiger partial charge in [-0.2, -0.15) is 0 Å². The maximum Gasteiger partial charge on any atom is 0.412 e. The van der Waals surface area contributed by atoms with E-state index in [9.17, 15) is 9.59 Å². The lowest BCUT2D eigenvalue weighted by atomic mass is 10.0. The SMILES string of the molecule is CCOC(=O)Nc1scc(-c2ccc(C)cc2)c1C(=O)OC. The molecule has 0 fully saturated rings. The van der Waals surface area contributed by atoms with Crippen molar-refractivity contribution in [2.75, 3.05) is 19.0 Å². The van der Waals surface area contributed by atoms with Crippen LogP contribution in [0.3, 0.4) is 0 Å². The Kier molecular flexibility index (Phi) is 5.16. The molecule has 22 heavy (non-hydrogen) atoms. The molecule has 1 aromatic carbocycles. The summed E-state index contributed by atoms with van der Waals surface area (Å²) in [6.07, 6.45) is -0.593. The van der Waals surface area contributed by atoms with Gasteiger partial charge in [0, 0.05) is 10.9 Å². The summed E-state index contributed by atoms with van der Waals surface area (Å²) in [6.45, 7) is 3.97. The smallest absolute Gasteiger partial charge is 0.412 e. The summed E-state index contributed by atoms with van der Waals surface area (Å²) in [6, 6.07) is 7.79. The average molecular weight is 319 g/mol. The Morgan fingerprint density at radius 2 is 1.91 bits per heavy atom. The van der Waals surface area contributed by atoms with Gasteiger partial charge < -0.3 is 9.47 Å². The van der Waals surface area contributed by atoms with Gasteiger partial charge in [0.25, 0.3) is 0 Å². The number of rotatable bonds is 4. The number of esters is 1. The molecule has 1 aromatic heterocycles. The molecular weight excluding hydrogens is 302 g/mol. The summed E-state index contributed by atoms with van der Waals surface area (Å²) in [5.74, 6) is -0.497. The number of thiophene rings is 1. The summed E-state index contributed by atoms with van der Waals surface area (Å²) >= 11 is 1.26. The second-order valence-corrected chi connectivity index (χ2v) is 5.44. The Morgan fingerprint density at radius 3 is 2.50 bits per heavy atom. The number of ether oxygens (including phenoxy) is 2. The van der Waals surface area contributed by atoms with Crippen molar-refractivity contribution in [3.63, 3.8) is 0 Å². The van der Waals surface area contributed by atoms with Crippen molar-refractivity contribution in [1.82, 2.24) is 0 Å². The van der Waals surface area contributed by atoms with Gasteiger partial charge in [-0.1, -0.05) is 29.8 Å². The Labute approximate surface area is 132 Å². The number of amides is 1. The van der Waals surface area contributed by atoms with Crippen molar-refractivity contribution >= 4 is 28.4 Å². The first-order chi connectivity index (χ1) is 10.6. The molecule has 116 valence electrons. The maximum atomic E-state index is 12.1. The van der Waals surface area contributed by atoms with Crippen LogP contribution < -0.4 is 5.32 Å². The quantitative estimate of drug-likeness (QED) is 0.862. The molecule has 0 saturated heterocycles. The van der Waals surface area contributed by atoms with Gasteiger partial charge in [-0.05, 0) is 19.4 Å². The van der Waals surface area contributed by atoms with Crippen LogP contribution in [-0.4, -0.2) is 25.8 Å².